The Morgan fingerprint density at radius 3 is 3.00 bits per heavy atom. The number of nitrogens with one attached hydrogen (secondary N) is 1. The molecule has 1 atom stereocenters. The molecular formula is C15H12N4O2. The number of anilines is 1. The van der Waals surface area contributed by atoms with Crippen molar-refractivity contribution in [3.05, 3.63) is 54.1 Å². The second kappa shape index (κ2) is 4.31. The van der Waals surface area contributed by atoms with E-state index in [1.807, 2.05) is 30.3 Å². The monoisotopic (exact) mass is 280 g/mol. The van der Waals surface area contributed by atoms with Crippen molar-refractivity contribution in [1.29, 1.82) is 0 Å². The third-order valence-corrected chi connectivity index (χ3v) is 3.73. The van der Waals surface area contributed by atoms with Crippen LogP contribution in [0.4, 0.5) is 5.69 Å². The Kier molecular flexibility index (Phi) is 2.44. The van der Waals surface area contributed by atoms with Gasteiger partial charge in [0.2, 0.25) is 5.91 Å². The maximum Gasteiger partial charge on any atom is 0.238 e. The van der Waals surface area contributed by atoms with Crippen molar-refractivity contribution in [2.24, 2.45) is 0 Å². The molecule has 0 bridgehead atoms. The van der Waals surface area contributed by atoms with Gasteiger partial charge in [-0.15, -0.1) is 0 Å². The van der Waals surface area contributed by atoms with Gasteiger partial charge in [-0.3, -0.25) is 4.79 Å². The Labute approximate surface area is 120 Å². The van der Waals surface area contributed by atoms with Gasteiger partial charge in [0.25, 0.3) is 0 Å². The number of para-hydroxylation sites is 1. The van der Waals surface area contributed by atoms with E-state index in [1.54, 1.807) is 17.8 Å². The highest BCUT2D eigenvalue weighted by atomic mass is 16.5. The number of amides is 1. The van der Waals surface area contributed by atoms with Crippen LogP contribution in [0.2, 0.25) is 0 Å². The number of benzene rings is 1. The number of rotatable bonds is 2. The number of nitrogens with zero attached hydrogens (tertiary/aromatic N) is 3. The van der Waals surface area contributed by atoms with E-state index >= 15 is 0 Å². The maximum absolute atomic E-state index is 12.4. The molecule has 6 nitrogen and oxygen atoms in total. The van der Waals surface area contributed by atoms with Crippen LogP contribution in [0.5, 0.6) is 5.75 Å². The minimum atomic E-state index is -0.449. The summed E-state index contributed by atoms with van der Waals surface area (Å²) in [7, 11) is 1.59. The molecule has 2 aromatic heterocycles. The fraction of sp³-hybridized carbons (Fsp3) is 0.133. The molecule has 1 aromatic carbocycles. The third-order valence-electron chi connectivity index (χ3n) is 3.73. The third kappa shape index (κ3) is 1.62. The molecule has 0 fully saturated rings. The highest BCUT2D eigenvalue weighted by Crippen LogP contribution is 2.39. The first-order chi connectivity index (χ1) is 10.3. The molecule has 0 spiro atoms. The minimum Gasteiger partial charge on any atom is -0.494 e. The second-order valence-corrected chi connectivity index (χ2v) is 4.83. The molecule has 6 heteroatoms. The van der Waals surface area contributed by atoms with Crippen LogP contribution in [0.15, 0.2) is 42.9 Å². The molecule has 21 heavy (non-hydrogen) atoms. The summed E-state index contributed by atoms with van der Waals surface area (Å²) in [5.74, 6) is 0.123. The number of methoxy groups -OCH3 is 1. The summed E-state index contributed by atoms with van der Waals surface area (Å²) in [6.07, 6.45) is 3.24. The molecule has 1 amide bonds. The lowest BCUT2D eigenvalue weighted by molar-refractivity contribution is -0.116. The van der Waals surface area contributed by atoms with Crippen LogP contribution in [0, 0.1) is 0 Å². The van der Waals surface area contributed by atoms with Gasteiger partial charge in [-0.2, -0.15) is 5.10 Å². The maximum atomic E-state index is 12.4. The molecule has 4 rings (SSSR count). The number of hydrogen-bond donors (Lipinski definition) is 1. The predicted molar refractivity (Wildman–Crippen MR) is 76.5 cm³/mol. The summed E-state index contributed by atoms with van der Waals surface area (Å²) < 4.78 is 7.03. The summed E-state index contributed by atoms with van der Waals surface area (Å²) in [6.45, 7) is 0. The normalized spacial score (nSPS) is 16.8. The van der Waals surface area contributed by atoms with Crippen molar-refractivity contribution in [3.8, 4) is 5.75 Å². The fourth-order valence-electron chi connectivity index (χ4n) is 2.81. The Morgan fingerprint density at radius 2 is 2.14 bits per heavy atom. The number of ether oxygens (including phenoxy) is 1. The van der Waals surface area contributed by atoms with Crippen LogP contribution in [0.3, 0.4) is 0 Å². The van der Waals surface area contributed by atoms with Crippen LogP contribution in [-0.4, -0.2) is 27.6 Å². The Balaban J connectivity index is 1.99. The van der Waals surface area contributed by atoms with Crippen molar-refractivity contribution in [1.82, 2.24) is 14.6 Å². The number of carbonyl (C=O) groups is 1. The predicted octanol–water partition coefficient (Wildman–Crippen LogP) is 1.82. The summed E-state index contributed by atoms with van der Waals surface area (Å²) in [4.78, 5) is 16.7. The number of fused-ring (bicyclic) bond motifs is 2. The quantitative estimate of drug-likeness (QED) is 0.777. The van der Waals surface area contributed by atoms with Crippen LogP contribution >= 0.6 is 0 Å². The Morgan fingerprint density at radius 1 is 1.29 bits per heavy atom. The van der Waals surface area contributed by atoms with Gasteiger partial charge >= 0.3 is 0 Å². The molecule has 0 saturated heterocycles. The summed E-state index contributed by atoms with van der Waals surface area (Å²) in [5.41, 5.74) is 3.12. The molecule has 3 heterocycles. The SMILES string of the molecule is COc1ccn2ncnc(C3C(=O)Nc4ccccc43)c12. The van der Waals surface area contributed by atoms with Gasteiger partial charge in [-0.1, -0.05) is 18.2 Å². The minimum absolute atomic E-state index is 0.0833. The molecule has 0 saturated carbocycles. The smallest absolute Gasteiger partial charge is 0.238 e. The molecule has 104 valence electrons. The van der Waals surface area contributed by atoms with Crippen LogP contribution in [-0.2, 0) is 4.79 Å². The molecule has 0 radical (unpaired) electrons. The highest BCUT2D eigenvalue weighted by molar-refractivity contribution is 6.05. The average molecular weight is 280 g/mol. The van der Waals surface area contributed by atoms with E-state index in [9.17, 15) is 4.79 Å². The van der Waals surface area contributed by atoms with Gasteiger partial charge in [0.15, 0.2) is 0 Å². The molecule has 3 aromatic rings. The van der Waals surface area contributed by atoms with E-state index < -0.39 is 5.92 Å². The lowest BCUT2D eigenvalue weighted by Crippen LogP contribution is -2.16. The van der Waals surface area contributed by atoms with Gasteiger partial charge in [-0.25, -0.2) is 9.50 Å². The van der Waals surface area contributed by atoms with E-state index in [1.165, 1.54) is 6.33 Å². The van der Waals surface area contributed by atoms with Gasteiger partial charge in [0.1, 0.15) is 23.5 Å². The molecule has 0 aliphatic carbocycles. The van der Waals surface area contributed by atoms with Crippen molar-refractivity contribution in [3.63, 3.8) is 0 Å². The van der Waals surface area contributed by atoms with E-state index in [0.29, 0.717) is 11.4 Å². The molecule has 1 N–H and O–H groups in total. The summed E-state index contributed by atoms with van der Waals surface area (Å²) >= 11 is 0. The number of hydrogen-bond acceptors (Lipinski definition) is 4. The van der Waals surface area contributed by atoms with Crippen LogP contribution in [0.1, 0.15) is 17.2 Å². The zero-order chi connectivity index (χ0) is 14.4. The zero-order valence-corrected chi connectivity index (χ0v) is 11.3. The van der Waals surface area contributed by atoms with Gasteiger partial charge < -0.3 is 10.1 Å². The van der Waals surface area contributed by atoms with Crippen molar-refractivity contribution in [2.75, 3.05) is 12.4 Å². The van der Waals surface area contributed by atoms with E-state index in [-0.39, 0.29) is 5.91 Å². The first-order valence-electron chi connectivity index (χ1n) is 6.55. The van der Waals surface area contributed by atoms with Crippen molar-refractivity contribution < 1.29 is 9.53 Å². The van der Waals surface area contributed by atoms with Crippen LogP contribution < -0.4 is 10.1 Å². The lowest BCUT2D eigenvalue weighted by Gasteiger charge is -2.10. The molecule has 1 unspecified atom stereocenters. The topological polar surface area (TPSA) is 68.5 Å². The van der Waals surface area contributed by atoms with Gasteiger partial charge in [-0.05, 0) is 11.6 Å². The van der Waals surface area contributed by atoms with Crippen molar-refractivity contribution >= 4 is 17.1 Å². The first kappa shape index (κ1) is 11.9. The van der Waals surface area contributed by atoms with E-state index in [4.69, 9.17) is 4.74 Å². The van der Waals surface area contributed by atoms with Gasteiger partial charge in [0.05, 0.1) is 12.8 Å². The Bertz CT molecular complexity index is 856. The molecule has 1 aliphatic rings. The average Bonchev–Trinajstić information content (AvgIpc) is 3.06. The van der Waals surface area contributed by atoms with Crippen LogP contribution in [0.25, 0.3) is 5.52 Å². The molecular weight excluding hydrogens is 268 g/mol. The number of carbonyl (C=O) groups excluding carboxylic acids is 1. The standard InChI is InChI=1S/C15H12N4O2/c1-21-11-6-7-19-14(11)13(16-8-17-19)12-9-4-2-3-5-10(9)18-15(12)20/h2-8,12H,1H3,(H,18,20). The first-order valence-corrected chi connectivity index (χ1v) is 6.55. The van der Waals surface area contributed by atoms with Crippen molar-refractivity contribution in [2.45, 2.75) is 5.92 Å². The van der Waals surface area contributed by atoms with E-state index in [0.717, 1.165) is 16.8 Å². The van der Waals surface area contributed by atoms with Gasteiger partial charge in [0, 0.05) is 18.0 Å². The number of aromatic nitrogens is 3. The largest absolute Gasteiger partial charge is 0.494 e. The lowest BCUT2D eigenvalue weighted by atomic mass is 9.96. The summed E-state index contributed by atoms with van der Waals surface area (Å²) in [6, 6.07) is 9.45. The fourth-order valence-corrected chi connectivity index (χ4v) is 2.81. The van der Waals surface area contributed by atoms with E-state index in [2.05, 4.69) is 15.4 Å². The summed E-state index contributed by atoms with van der Waals surface area (Å²) in [5, 5.41) is 7.05. The Hall–Kier alpha value is -2.89. The second-order valence-electron chi connectivity index (χ2n) is 4.83. The zero-order valence-electron chi connectivity index (χ0n) is 11.3. The highest BCUT2D eigenvalue weighted by Gasteiger charge is 2.35. The molecule has 1 aliphatic heterocycles.